The molecule has 0 saturated carbocycles. The lowest BCUT2D eigenvalue weighted by Gasteiger charge is -2.12. The van der Waals surface area contributed by atoms with Crippen LogP contribution in [0.2, 0.25) is 0 Å². The third-order valence-electron chi connectivity index (χ3n) is 3.94. The molecule has 0 bridgehead atoms. The number of rotatable bonds is 4. The van der Waals surface area contributed by atoms with Gasteiger partial charge in [-0.3, -0.25) is 9.78 Å². The molecule has 1 amide bonds. The molecule has 0 fully saturated rings. The van der Waals surface area contributed by atoms with E-state index in [1.165, 1.54) is 23.5 Å². The Morgan fingerprint density at radius 2 is 1.67 bits per heavy atom. The SMILES string of the molecule is O=C([O-])c1ccccc1NC(=O)c1cccnc1-c1nc2ccccc2s1. The lowest BCUT2D eigenvalue weighted by Crippen LogP contribution is -2.25. The van der Waals surface area contributed by atoms with Crippen LogP contribution < -0.4 is 10.4 Å². The third kappa shape index (κ3) is 3.28. The number of nitrogens with zero attached hydrogens (tertiary/aromatic N) is 2. The van der Waals surface area contributed by atoms with Gasteiger partial charge in [-0.1, -0.05) is 30.3 Å². The van der Waals surface area contributed by atoms with Crippen LogP contribution in [-0.4, -0.2) is 21.8 Å². The Morgan fingerprint density at radius 3 is 2.48 bits per heavy atom. The van der Waals surface area contributed by atoms with E-state index in [1.54, 1.807) is 30.5 Å². The number of carboxylic acid groups (broad SMARTS) is 1. The Bertz CT molecular complexity index is 1140. The highest BCUT2D eigenvalue weighted by molar-refractivity contribution is 7.21. The minimum Gasteiger partial charge on any atom is -0.545 e. The molecule has 2 heterocycles. The van der Waals surface area contributed by atoms with E-state index in [2.05, 4.69) is 15.3 Å². The number of fused-ring (bicyclic) bond motifs is 1. The Balaban J connectivity index is 1.73. The summed E-state index contributed by atoms with van der Waals surface area (Å²) in [6.45, 7) is 0. The number of thiazole rings is 1. The average molecular weight is 374 g/mol. The maximum atomic E-state index is 12.8. The number of amides is 1. The summed E-state index contributed by atoms with van der Waals surface area (Å²) >= 11 is 1.44. The van der Waals surface area contributed by atoms with Gasteiger partial charge in [0.05, 0.1) is 27.4 Å². The second kappa shape index (κ2) is 6.97. The van der Waals surface area contributed by atoms with Crippen LogP contribution in [-0.2, 0) is 0 Å². The number of aromatic carboxylic acids is 1. The number of hydrogen-bond acceptors (Lipinski definition) is 6. The molecule has 0 saturated heterocycles. The topological polar surface area (TPSA) is 95.0 Å². The van der Waals surface area contributed by atoms with Gasteiger partial charge in [-0.25, -0.2) is 4.98 Å². The van der Waals surface area contributed by atoms with Crippen molar-refractivity contribution in [1.82, 2.24) is 9.97 Å². The summed E-state index contributed by atoms with van der Waals surface area (Å²) in [6.07, 6.45) is 1.59. The number of aromatic nitrogens is 2. The van der Waals surface area contributed by atoms with E-state index in [-0.39, 0.29) is 11.3 Å². The van der Waals surface area contributed by atoms with Gasteiger partial charge in [0.2, 0.25) is 0 Å². The number of hydrogen-bond donors (Lipinski definition) is 1. The summed E-state index contributed by atoms with van der Waals surface area (Å²) in [5.74, 6) is -1.82. The zero-order chi connectivity index (χ0) is 18.8. The van der Waals surface area contributed by atoms with E-state index in [1.807, 2.05) is 24.3 Å². The Hall–Kier alpha value is -3.58. The number of pyridine rings is 1. The van der Waals surface area contributed by atoms with Crippen molar-refractivity contribution in [2.75, 3.05) is 5.32 Å². The van der Waals surface area contributed by atoms with Crippen molar-refractivity contribution in [3.63, 3.8) is 0 Å². The number of benzene rings is 2. The summed E-state index contributed by atoms with van der Waals surface area (Å²) in [6, 6.07) is 17.0. The lowest BCUT2D eigenvalue weighted by molar-refractivity contribution is -0.254. The van der Waals surface area contributed by atoms with Gasteiger partial charge in [0.25, 0.3) is 5.91 Å². The molecule has 2 aromatic carbocycles. The van der Waals surface area contributed by atoms with Gasteiger partial charge in [-0.15, -0.1) is 11.3 Å². The first kappa shape index (κ1) is 16.9. The molecule has 132 valence electrons. The summed E-state index contributed by atoms with van der Waals surface area (Å²) < 4.78 is 0.992. The molecular weight excluding hydrogens is 362 g/mol. The van der Waals surface area contributed by atoms with E-state index in [4.69, 9.17) is 0 Å². The molecule has 0 atom stereocenters. The molecule has 4 rings (SSSR count). The lowest BCUT2D eigenvalue weighted by atomic mass is 10.1. The molecule has 0 spiro atoms. The van der Waals surface area contributed by atoms with Crippen molar-refractivity contribution in [2.24, 2.45) is 0 Å². The van der Waals surface area contributed by atoms with Crippen LogP contribution in [0.25, 0.3) is 20.9 Å². The van der Waals surface area contributed by atoms with Crippen molar-refractivity contribution in [1.29, 1.82) is 0 Å². The summed E-state index contributed by atoms with van der Waals surface area (Å²) in [4.78, 5) is 32.9. The minimum absolute atomic E-state index is 0.0868. The molecule has 0 aliphatic heterocycles. The second-order valence-electron chi connectivity index (χ2n) is 5.67. The van der Waals surface area contributed by atoms with E-state index in [0.29, 0.717) is 16.3 Å². The van der Waals surface area contributed by atoms with Gasteiger partial charge in [-0.2, -0.15) is 0 Å². The average Bonchev–Trinajstić information content (AvgIpc) is 3.12. The largest absolute Gasteiger partial charge is 0.545 e. The summed E-state index contributed by atoms with van der Waals surface area (Å²) in [5.41, 5.74) is 1.67. The molecule has 6 nitrogen and oxygen atoms in total. The number of nitrogens with one attached hydrogen (secondary N) is 1. The molecule has 0 aliphatic rings. The van der Waals surface area contributed by atoms with Gasteiger partial charge in [-0.05, 0) is 30.3 Å². The van der Waals surface area contributed by atoms with Crippen molar-refractivity contribution in [3.05, 3.63) is 78.0 Å². The van der Waals surface area contributed by atoms with E-state index in [9.17, 15) is 14.7 Å². The molecule has 1 N–H and O–H groups in total. The summed E-state index contributed by atoms with van der Waals surface area (Å²) in [7, 11) is 0. The van der Waals surface area contributed by atoms with Crippen LogP contribution in [0.3, 0.4) is 0 Å². The Labute approximate surface area is 158 Å². The quantitative estimate of drug-likeness (QED) is 0.592. The standard InChI is InChI=1S/C20H13N3O3S/c24-18(22-14-8-2-1-6-12(14)20(25)26)13-7-5-11-21-17(13)19-23-15-9-3-4-10-16(15)27-19/h1-11H,(H,22,24)(H,25,26)/p-1. The van der Waals surface area contributed by atoms with E-state index in [0.717, 1.165) is 10.2 Å². The highest BCUT2D eigenvalue weighted by Crippen LogP contribution is 2.31. The highest BCUT2D eigenvalue weighted by Gasteiger charge is 2.18. The maximum absolute atomic E-state index is 12.8. The highest BCUT2D eigenvalue weighted by atomic mass is 32.1. The van der Waals surface area contributed by atoms with Crippen molar-refractivity contribution >= 4 is 39.1 Å². The third-order valence-corrected chi connectivity index (χ3v) is 4.99. The van der Waals surface area contributed by atoms with E-state index >= 15 is 0 Å². The number of carbonyl (C=O) groups is 2. The normalized spacial score (nSPS) is 10.7. The predicted octanol–water partition coefficient (Wildman–Crippen LogP) is 2.97. The van der Waals surface area contributed by atoms with Crippen molar-refractivity contribution in [3.8, 4) is 10.7 Å². The first-order valence-corrected chi connectivity index (χ1v) is 8.88. The fourth-order valence-corrected chi connectivity index (χ4v) is 3.67. The number of carboxylic acids is 1. The fourth-order valence-electron chi connectivity index (χ4n) is 2.69. The molecule has 0 radical (unpaired) electrons. The van der Waals surface area contributed by atoms with Crippen LogP contribution in [0.15, 0.2) is 66.9 Å². The zero-order valence-corrected chi connectivity index (χ0v) is 14.7. The predicted molar refractivity (Wildman–Crippen MR) is 102 cm³/mol. The van der Waals surface area contributed by atoms with E-state index < -0.39 is 11.9 Å². The number of carbonyl (C=O) groups excluding carboxylic acids is 2. The van der Waals surface area contributed by atoms with Crippen LogP contribution >= 0.6 is 11.3 Å². The molecule has 27 heavy (non-hydrogen) atoms. The second-order valence-corrected chi connectivity index (χ2v) is 6.70. The van der Waals surface area contributed by atoms with Gasteiger partial charge >= 0.3 is 0 Å². The maximum Gasteiger partial charge on any atom is 0.257 e. The fraction of sp³-hybridized carbons (Fsp3) is 0. The molecule has 7 heteroatoms. The molecule has 0 aliphatic carbocycles. The minimum atomic E-state index is -1.36. The smallest absolute Gasteiger partial charge is 0.257 e. The van der Waals surface area contributed by atoms with Crippen LogP contribution in [0.5, 0.6) is 0 Å². The van der Waals surface area contributed by atoms with Gasteiger partial charge in [0.1, 0.15) is 10.7 Å². The van der Waals surface area contributed by atoms with Gasteiger partial charge in [0.15, 0.2) is 0 Å². The Kier molecular flexibility index (Phi) is 4.35. The monoisotopic (exact) mass is 374 g/mol. The number of para-hydroxylation sites is 2. The Morgan fingerprint density at radius 1 is 0.926 bits per heavy atom. The van der Waals surface area contributed by atoms with Crippen molar-refractivity contribution in [2.45, 2.75) is 0 Å². The van der Waals surface area contributed by atoms with Crippen LogP contribution in [0.4, 0.5) is 5.69 Å². The molecular formula is C20H12N3O3S-. The van der Waals surface area contributed by atoms with Gasteiger partial charge in [0, 0.05) is 11.8 Å². The van der Waals surface area contributed by atoms with Gasteiger partial charge < -0.3 is 15.2 Å². The first-order valence-electron chi connectivity index (χ1n) is 8.06. The molecule has 0 unspecified atom stereocenters. The van der Waals surface area contributed by atoms with Crippen LogP contribution in [0, 0.1) is 0 Å². The molecule has 4 aromatic rings. The zero-order valence-electron chi connectivity index (χ0n) is 13.9. The first-order chi connectivity index (χ1) is 13.1. The van der Waals surface area contributed by atoms with Crippen LogP contribution in [0.1, 0.15) is 20.7 Å². The summed E-state index contributed by atoms with van der Waals surface area (Å²) in [5, 5.41) is 14.5. The number of anilines is 1. The van der Waals surface area contributed by atoms with Crippen molar-refractivity contribution < 1.29 is 14.7 Å². The molecule has 2 aromatic heterocycles.